The van der Waals surface area contributed by atoms with E-state index in [9.17, 15) is 4.79 Å². The van der Waals surface area contributed by atoms with Crippen molar-refractivity contribution >= 4 is 17.3 Å². The summed E-state index contributed by atoms with van der Waals surface area (Å²) in [6.45, 7) is 0.682. The predicted molar refractivity (Wildman–Crippen MR) is 73.2 cm³/mol. The van der Waals surface area contributed by atoms with Gasteiger partial charge in [-0.2, -0.15) is 0 Å². The van der Waals surface area contributed by atoms with Gasteiger partial charge in [0, 0.05) is 32.4 Å². The Morgan fingerprint density at radius 3 is 2.89 bits per heavy atom. The van der Waals surface area contributed by atoms with E-state index in [4.69, 9.17) is 10.8 Å². The molecule has 0 spiro atoms. The molecule has 100 valence electrons. The highest BCUT2D eigenvalue weighted by molar-refractivity contribution is 5.90. The van der Waals surface area contributed by atoms with Gasteiger partial charge in [-0.15, -0.1) is 0 Å². The number of anilines is 2. The number of aromatic carboxylic acids is 1. The van der Waals surface area contributed by atoms with Crippen LogP contribution in [-0.4, -0.2) is 27.2 Å². The molecule has 19 heavy (non-hydrogen) atoms. The highest BCUT2D eigenvalue weighted by atomic mass is 16.4. The van der Waals surface area contributed by atoms with Crippen molar-refractivity contribution in [1.82, 2.24) is 9.55 Å². The molecule has 0 aliphatic carbocycles. The Morgan fingerprint density at radius 1 is 1.53 bits per heavy atom. The normalized spacial score (nSPS) is 10.4. The van der Waals surface area contributed by atoms with Crippen LogP contribution in [0.2, 0.25) is 0 Å². The largest absolute Gasteiger partial charge is 0.478 e. The Balaban J connectivity index is 1.96. The SMILES string of the molecule is Cn1ccnc1CCNc1ccc(C(=O)O)cc1N. The van der Waals surface area contributed by atoms with E-state index in [1.54, 1.807) is 12.3 Å². The fourth-order valence-corrected chi connectivity index (χ4v) is 1.80. The van der Waals surface area contributed by atoms with E-state index in [1.165, 1.54) is 12.1 Å². The van der Waals surface area contributed by atoms with Gasteiger partial charge in [0.15, 0.2) is 0 Å². The Labute approximate surface area is 110 Å². The molecule has 2 rings (SSSR count). The predicted octanol–water partition coefficient (Wildman–Crippen LogP) is 1.36. The van der Waals surface area contributed by atoms with E-state index in [1.807, 2.05) is 17.8 Å². The van der Waals surface area contributed by atoms with Crippen molar-refractivity contribution in [2.45, 2.75) is 6.42 Å². The molecular weight excluding hydrogens is 244 g/mol. The average Bonchev–Trinajstić information content (AvgIpc) is 2.77. The lowest BCUT2D eigenvalue weighted by Gasteiger charge is -2.09. The van der Waals surface area contributed by atoms with Gasteiger partial charge in [-0.05, 0) is 18.2 Å². The molecular formula is C13H16N4O2. The molecule has 0 aliphatic heterocycles. The molecule has 0 bridgehead atoms. The Hall–Kier alpha value is -2.50. The molecule has 0 unspecified atom stereocenters. The molecule has 1 aromatic carbocycles. The lowest BCUT2D eigenvalue weighted by atomic mass is 10.1. The summed E-state index contributed by atoms with van der Waals surface area (Å²) in [5.41, 5.74) is 7.15. The minimum Gasteiger partial charge on any atom is -0.478 e. The molecule has 0 aliphatic rings. The number of hydrogen-bond donors (Lipinski definition) is 3. The van der Waals surface area contributed by atoms with Crippen molar-refractivity contribution in [3.63, 3.8) is 0 Å². The van der Waals surface area contributed by atoms with Gasteiger partial charge < -0.3 is 20.7 Å². The molecule has 0 atom stereocenters. The van der Waals surface area contributed by atoms with Crippen LogP contribution in [0.5, 0.6) is 0 Å². The van der Waals surface area contributed by atoms with Crippen LogP contribution in [0.4, 0.5) is 11.4 Å². The topological polar surface area (TPSA) is 93.2 Å². The highest BCUT2D eigenvalue weighted by Crippen LogP contribution is 2.19. The van der Waals surface area contributed by atoms with E-state index < -0.39 is 5.97 Å². The highest BCUT2D eigenvalue weighted by Gasteiger charge is 2.06. The molecule has 0 saturated carbocycles. The van der Waals surface area contributed by atoms with Crippen LogP contribution in [0.1, 0.15) is 16.2 Å². The van der Waals surface area contributed by atoms with Gasteiger partial charge >= 0.3 is 5.97 Å². The quantitative estimate of drug-likeness (QED) is 0.706. The van der Waals surface area contributed by atoms with Gasteiger partial charge in [0.2, 0.25) is 0 Å². The Kier molecular flexibility index (Phi) is 3.70. The molecule has 2 aromatic rings. The molecule has 4 N–H and O–H groups in total. The maximum absolute atomic E-state index is 10.8. The second kappa shape index (κ2) is 5.43. The summed E-state index contributed by atoms with van der Waals surface area (Å²) < 4.78 is 1.96. The van der Waals surface area contributed by atoms with Crippen LogP contribution in [-0.2, 0) is 13.5 Å². The number of nitrogens with one attached hydrogen (secondary N) is 1. The Bertz CT molecular complexity index is 592. The maximum Gasteiger partial charge on any atom is 0.335 e. The maximum atomic E-state index is 10.8. The van der Waals surface area contributed by atoms with Gasteiger partial charge in [0.05, 0.1) is 16.9 Å². The number of carbonyl (C=O) groups is 1. The second-order valence-electron chi connectivity index (χ2n) is 4.24. The first-order valence-electron chi connectivity index (χ1n) is 5.91. The smallest absolute Gasteiger partial charge is 0.335 e. The summed E-state index contributed by atoms with van der Waals surface area (Å²) in [6.07, 6.45) is 4.42. The van der Waals surface area contributed by atoms with Crippen LogP contribution >= 0.6 is 0 Å². The first-order chi connectivity index (χ1) is 9.08. The van der Waals surface area contributed by atoms with Crippen LogP contribution in [0.25, 0.3) is 0 Å². The van der Waals surface area contributed by atoms with E-state index >= 15 is 0 Å². The number of benzene rings is 1. The van der Waals surface area contributed by atoms with Crippen LogP contribution < -0.4 is 11.1 Å². The number of nitrogen functional groups attached to an aromatic ring is 1. The summed E-state index contributed by atoms with van der Waals surface area (Å²) in [7, 11) is 1.94. The molecule has 0 amide bonds. The van der Waals surface area contributed by atoms with Gasteiger partial charge in [0.1, 0.15) is 5.82 Å². The number of imidazole rings is 1. The summed E-state index contributed by atoms with van der Waals surface area (Å²) in [6, 6.07) is 4.66. The lowest BCUT2D eigenvalue weighted by Crippen LogP contribution is -2.10. The first kappa shape index (κ1) is 12.9. The van der Waals surface area contributed by atoms with Crippen molar-refractivity contribution in [2.75, 3.05) is 17.6 Å². The number of nitrogens with two attached hydrogens (primary N) is 1. The molecule has 0 radical (unpaired) electrons. The zero-order valence-electron chi connectivity index (χ0n) is 10.6. The number of rotatable bonds is 5. The number of carboxylic acids is 1. The summed E-state index contributed by atoms with van der Waals surface area (Å²) in [5.74, 6) is -0.000474. The summed E-state index contributed by atoms with van der Waals surface area (Å²) in [5, 5.41) is 12.0. The van der Waals surface area contributed by atoms with Crippen molar-refractivity contribution < 1.29 is 9.90 Å². The molecule has 6 nitrogen and oxygen atoms in total. The van der Waals surface area contributed by atoms with Crippen LogP contribution in [0.15, 0.2) is 30.6 Å². The number of aromatic nitrogens is 2. The van der Waals surface area contributed by atoms with Crippen molar-refractivity contribution in [1.29, 1.82) is 0 Å². The standard InChI is InChI=1S/C13H16N4O2/c1-17-7-6-16-12(17)4-5-15-11-3-2-9(13(18)19)8-10(11)14/h2-3,6-8,15H,4-5,14H2,1H3,(H,18,19). The molecule has 0 fully saturated rings. The van der Waals surface area contributed by atoms with Gasteiger partial charge in [-0.3, -0.25) is 0 Å². The third kappa shape index (κ3) is 3.04. The lowest BCUT2D eigenvalue weighted by molar-refractivity contribution is 0.0697. The third-order valence-electron chi connectivity index (χ3n) is 2.88. The minimum absolute atomic E-state index is 0.187. The fraction of sp³-hybridized carbons (Fsp3) is 0.231. The fourth-order valence-electron chi connectivity index (χ4n) is 1.80. The van der Waals surface area contributed by atoms with Crippen molar-refractivity contribution in [3.8, 4) is 0 Å². The number of carboxylic acid groups (broad SMARTS) is 1. The first-order valence-corrected chi connectivity index (χ1v) is 5.91. The van der Waals surface area contributed by atoms with Gasteiger partial charge in [-0.1, -0.05) is 0 Å². The van der Waals surface area contributed by atoms with E-state index in [0.717, 1.165) is 17.9 Å². The van der Waals surface area contributed by atoms with Crippen molar-refractivity contribution in [2.24, 2.45) is 7.05 Å². The Morgan fingerprint density at radius 2 is 2.32 bits per heavy atom. The molecule has 1 aromatic heterocycles. The van der Waals surface area contributed by atoms with Gasteiger partial charge in [0.25, 0.3) is 0 Å². The van der Waals surface area contributed by atoms with E-state index in [-0.39, 0.29) is 5.56 Å². The molecule has 0 saturated heterocycles. The number of nitrogens with zero attached hydrogens (tertiary/aromatic N) is 2. The van der Waals surface area contributed by atoms with Crippen LogP contribution in [0.3, 0.4) is 0 Å². The van der Waals surface area contributed by atoms with E-state index in [2.05, 4.69) is 10.3 Å². The van der Waals surface area contributed by atoms with Gasteiger partial charge in [-0.25, -0.2) is 9.78 Å². The minimum atomic E-state index is -0.980. The van der Waals surface area contributed by atoms with Crippen LogP contribution in [0, 0.1) is 0 Å². The number of hydrogen-bond acceptors (Lipinski definition) is 4. The average molecular weight is 260 g/mol. The van der Waals surface area contributed by atoms with Crippen molar-refractivity contribution in [3.05, 3.63) is 42.0 Å². The monoisotopic (exact) mass is 260 g/mol. The molecule has 1 heterocycles. The summed E-state index contributed by atoms with van der Waals surface area (Å²) >= 11 is 0. The molecule has 6 heteroatoms. The number of aryl methyl sites for hydroxylation is 1. The third-order valence-corrected chi connectivity index (χ3v) is 2.88. The zero-order valence-corrected chi connectivity index (χ0v) is 10.6. The van der Waals surface area contributed by atoms with E-state index in [0.29, 0.717) is 12.2 Å². The summed E-state index contributed by atoms with van der Waals surface area (Å²) in [4.78, 5) is 15.0. The second-order valence-corrected chi connectivity index (χ2v) is 4.24. The zero-order chi connectivity index (χ0) is 13.8.